The minimum absolute atomic E-state index is 0.0675. The first-order chi connectivity index (χ1) is 14.5. The molecular formula is C21H25N3O5S. The zero-order chi connectivity index (χ0) is 21.6. The van der Waals surface area contributed by atoms with Gasteiger partial charge in [-0.1, -0.05) is 12.1 Å². The molecule has 3 rings (SSSR count). The van der Waals surface area contributed by atoms with Gasteiger partial charge in [0, 0.05) is 25.2 Å². The van der Waals surface area contributed by atoms with Gasteiger partial charge < -0.3 is 19.1 Å². The van der Waals surface area contributed by atoms with Crippen LogP contribution in [0.2, 0.25) is 0 Å². The summed E-state index contributed by atoms with van der Waals surface area (Å²) >= 11 is 0. The third kappa shape index (κ3) is 4.78. The number of ether oxygens (including phenoxy) is 3. The van der Waals surface area contributed by atoms with E-state index < -0.39 is 10.0 Å². The van der Waals surface area contributed by atoms with Crippen LogP contribution in [0.5, 0.6) is 11.5 Å². The molecule has 2 aromatic carbocycles. The summed E-state index contributed by atoms with van der Waals surface area (Å²) in [7, 11) is -4.01. The van der Waals surface area contributed by atoms with Crippen molar-refractivity contribution in [2.75, 3.05) is 49.1 Å². The van der Waals surface area contributed by atoms with Crippen molar-refractivity contribution in [1.82, 2.24) is 0 Å². The number of nitrogens with zero attached hydrogens (tertiary/aromatic N) is 2. The first kappa shape index (κ1) is 21.7. The molecule has 30 heavy (non-hydrogen) atoms. The average Bonchev–Trinajstić information content (AvgIpc) is 2.76. The lowest BCUT2D eigenvalue weighted by Crippen LogP contribution is -2.36. The highest BCUT2D eigenvalue weighted by Gasteiger charge is 2.24. The van der Waals surface area contributed by atoms with Gasteiger partial charge in [-0.3, -0.25) is 4.72 Å². The lowest BCUT2D eigenvalue weighted by molar-refractivity contribution is 0.122. The number of sulfonamides is 1. The summed E-state index contributed by atoms with van der Waals surface area (Å²) in [5, 5.41) is 9.28. The van der Waals surface area contributed by atoms with E-state index in [1.165, 1.54) is 12.1 Å². The highest BCUT2D eigenvalue weighted by molar-refractivity contribution is 7.92. The van der Waals surface area contributed by atoms with Crippen LogP contribution in [0, 0.1) is 11.3 Å². The van der Waals surface area contributed by atoms with Crippen LogP contribution in [-0.4, -0.2) is 47.9 Å². The first-order valence-electron chi connectivity index (χ1n) is 9.78. The smallest absolute Gasteiger partial charge is 0.263 e. The predicted molar refractivity (Wildman–Crippen MR) is 114 cm³/mol. The van der Waals surface area contributed by atoms with Crippen LogP contribution >= 0.6 is 0 Å². The van der Waals surface area contributed by atoms with E-state index in [4.69, 9.17) is 14.2 Å². The second kappa shape index (κ2) is 9.69. The van der Waals surface area contributed by atoms with Crippen molar-refractivity contribution in [2.45, 2.75) is 18.7 Å². The Balaban J connectivity index is 2.04. The monoisotopic (exact) mass is 431 g/mol. The second-order valence-electron chi connectivity index (χ2n) is 6.49. The Kier molecular flexibility index (Phi) is 7.03. The zero-order valence-corrected chi connectivity index (χ0v) is 17.9. The molecule has 0 atom stereocenters. The summed E-state index contributed by atoms with van der Waals surface area (Å²) in [5.41, 5.74) is 1.15. The van der Waals surface area contributed by atoms with Crippen molar-refractivity contribution in [1.29, 1.82) is 5.26 Å². The summed E-state index contributed by atoms with van der Waals surface area (Å²) < 4.78 is 45.5. The molecule has 1 saturated heterocycles. The Bertz CT molecular complexity index is 1030. The Morgan fingerprint density at radius 1 is 1.10 bits per heavy atom. The van der Waals surface area contributed by atoms with Crippen molar-refractivity contribution in [3.8, 4) is 17.6 Å². The van der Waals surface area contributed by atoms with Crippen LogP contribution in [0.3, 0.4) is 0 Å². The van der Waals surface area contributed by atoms with Crippen molar-refractivity contribution in [2.24, 2.45) is 0 Å². The number of benzene rings is 2. The maximum Gasteiger partial charge on any atom is 0.263 e. The highest BCUT2D eigenvalue weighted by Crippen LogP contribution is 2.40. The Labute approximate surface area is 177 Å². The van der Waals surface area contributed by atoms with Gasteiger partial charge in [0.1, 0.15) is 22.5 Å². The van der Waals surface area contributed by atoms with Crippen molar-refractivity contribution in [3.63, 3.8) is 0 Å². The van der Waals surface area contributed by atoms with Crippen LogP contribution in [-0.2, 0) is 14.8 Å². The third-order valence-electron chi connectivity index (χ3n) is 4.55. The van der Waals surface area contributed by atoms with Crippen LogP contribution in [0.4, 0.5) is 11.4 Å². The number of anilines is 2. The van der Waals surface area contributed by atoms with E-state index in [9.17, 15) is 13.7 Å². The van der Waals surface area contributed by atoms with Gasteiger partial charge in [-0.15, -0.1) is 0 Å². The minimum atomic E-state index is -4.01. The Morgan fingerprint density at radius 3 is 2.43 bits per heavy atom. The lowest BCUT2D eigenvalue weighted by atomic mass is 10.2. The summed E-state index contributed by atoms with van der Waals surface area (Å²) in [4.78, 5) is 2.03. The van der Waals surface area contributed by atoms with Crippen molar-refractivity contribution in [3.05, 3.63) is 42.0 Å². The fraction of sp³-hybridized carbons (Fsp3) is 0.381. The van der Waals surface area contributed by atoms with Gasteiger partial charge in [-0.05, 0) is 26.0 Å². The van der Waals surface area contributed by atoms with E-state index in [-0.39, 0.29) is 16.1 Å². The van der Waals surface area contributed by atoms with E-state index in [1.54, 1.807) is 24.3 Å². The molecule has 1 aliphatic heterocycles. The maximum atomic E-state index is 13.0. The fourth-order valence-corrected chi connectivity index (χ4v) is 4.44. The molecule has 0 saturated carbocycles. The molecule has 9 heteroatoms. The molecule has 2 aromatic rings. The number of rotatable bonds is 8. The van der Waals surface area contributed by atoms with Crippen LogP contribution in [0.1, 0.15) is 19.4 Å². The van der Waals surface area contributed by atoms with E-state index in [1.807, 2.05) is 19.9 Å². The normalized spacial score (nSPS) is 14.1. The first-order valence-corrected chi connectivity index (χ1v) is 11.3. The van der Waals surface area contributed by atoms with Gasteiger partial charge in [-0.2, -0.15) is 5.26 Å². The molecule has 0 radical (unpaired) electrons. The fourth-order valence-electron chi connectivity index (χ4n) is 3.22. The number of hydrogen-bond acceptors (Lipinski definition) is 7. The molecule has 0 spiro atoms. The maximum absolute atomic E-state index is 13.0. The predicted octanol–water partition coefficient (Wildman–Crippen LogP) is 2.99. The lowest BCUT2D eigenvalue weighted by Gasteiger charge is -2.31. The average molecular weight is 432 g/mol. The third-order valence-corrected chi connectivity index (χ3v) is 5.98. The number of nitrogens with one attached hydrogen (secondary N) is 1. The molecule has 0 unspecified atom stereocenters. The van der Waals surface area contributed by atoms with Crippen molar-refractivity contribution < 1.29 is 22.6 Å². The van der Waals surface area contributed by atoms with E-state index >= 15 is 0 Å². The van der Waals surface area contributed by atoms with E-state index in [2.05, 4.69) is 9.62 Å². The van der Waals surface area contributed by atoms with Gasteiger partial charge in [-0.25, -0.2) is 8.42 Å². The molecule has 160 valence electrons. The Hall–Kier alpha value is -2.96. The van der Waals surface area contributed by atoms with Gasteiger partial charge in [0.15, 0.2) is 0 Å². The van der Waals surface area contributed by atoms with Crippen LogP contribution in [0.25, 0.3) is 0 Å². The molecule has 0 bridgehead atoms. The molecular weight excluding hydrogens is 406 g/mol. The topological polar surface area (TPSA) is 101 Å². The molecule has 8 nitrogen and oxygen atoms in total. The van der Waals surface area contributed by atoms with Crippen molar-refractivity contribution >= 4 is 21.4 Å². The standard InChI is InChI=1S/C21H25N3O5S/c1-3-28-19-14-18(24-9-11-27-12-10-24)20(29-4-2)13-17(19)23-30(25,26)21-8-6-5-7-16(21)15-22/h5-8,13-14,23H,3-4,9-12H2,1-2H3. The summed E-state index contributed by atoms with van der Waals surface area (Å²) in [6.45, 7) is 7.09. The highest BCUT2D eigenvalue weighted by atomic mass is 32.2. The van der Waals surface area contributed by atoms with Crippen LogP contribution in [0.15, 0.2) is 41.3 Å². The molecule has 1 aliphatic rings. The van der Waals surface area contributed by atoms with E-state index in [0.717, 1.165) is 5.69 Å². The number of morpholine rings is 1. The summed E-state index contributed by atoms with van der Waals surface area (Å²) in [6.07, 6.45) is 0. The molecule has 1 fully saturated rings. The molecule has 0 amide bonds. The minimum Gasteiger partial charge on any atom is -0.492 e. The van der Waals surface area contributed by atoms with Gasteiger partial charge in [0.2, 0.25) is 0 Å². The molecule has 0 aromatic heterocycles. The van der Waals surface area contributed by atoms with Crippen LogP contribution < -0.4 is 19.1 Å². The number of nitriles is 1. The van der Waals surface area contributed by atoms with E-state index in [0.29, 0.717) is 51.0 Å². The molecule has 1 N–H and O–H groups in total. The second-order valence-corrected chi connectivity index (χ2v) is 8.15. The van der Waals surface area contributed by atoms with Gasteiger partial charge >= 0.3 is 0 Å². The largest absolute Gasteiger partial charge is 0.492 e. The summed E-state index contributed by atoms with van der Waals surface area (Å²) in [6, 6.07) is 11.4. The molecule has 1 heterocycles. The quantitative estimate of drug-likeness (QED) is 0.686. The molecule has 0 aliphatic carbocycles. The zero-order valence-electron chi connectivity index (χ0n) is 17.1. The Morgan fingerprint density at radius 2 is 1.77 bits per heavy atom. The summed E-state index contributed by atoms with van der Waals surface area (Å²) in [5.74, 6) is 0.939. The number of hydrogen-bond donors (Lipinski definition) is 1. The van der Waals surface area contributed by atoms with Gasteiger partial charge in [0.05, 0.1) is 43.4 Å². The SMILES string of the molecule is CCOc1cc(N2CCOCC2)c(OCC)cc1NS(=O)(=O)c1ccccc1C#N. The van der Waals surface area contributed by atoms with Gasteiger partial charge in [0.25, 0.3) is 10.0 Å².